The molecule has 1 heterocycles. The zero-order valence-electron chi connectivity index (χ0n) is 13.1. The summed E-state index contributed by atoms with van der Waals surface area (Å²) < 4.78 is 5.96. The average molecular weight is 303 g/mol. The molecule has 0 aliphatic carbocycles. The molecule has 1 N–H and O–H groups in total. The molecule has 0 bridgehead atoms. The van der Waals surface area contributed by atoms with E-state index in [0.29, 0.717) is 12.5 Å². The highest BCUT2D eigenvalue weighted by atomic mass is 32.1. The minimum Gasteiger partial charge on any atom is -0.368 e. The van der Waals surface area contributed by atoms with Gasteiger partial charge in [-0.15, -0.1) is 11.3 Å². The highest BCUT2D eigenvalue weighted by Crippen LogP contribution is 2.22. The molecule has 1 aromatic carbocycles. The van der Waals surface area contributed by atoms with E-state index in [9.17, 15) is 0 Å². The molecule has 0 saturated heterocycles. The van der Waals surface area contributed by atoms with E-state index >= 15 is 0 Å². The third-order valence-electron chi connectivity index (χ3n) is 3.31. The van der Waals surface area contributed by atoms with Gasteiger partial charge in [0.05, 0.1) is 12.7 Å². The van der Waals surface area contributed by atoms with Crippen molar-refractivity contribution < 1.29 is 4.74 Å². The van der Waals surface area contributed by atoms with Crippen LogP contribution in [0.3, 0.4) is 0 Å². The van der Waals surface area contributed by atoms with Crippen LogP contribution in [0.5, 0.6) is 0 Å². The first-order valence-electron chi connectivity index (χ1n) is 7.60. The van der Waals surface area contributed by atoms with Gasteiger partial charge in [0.2, 0.25) is 0 Å². The number of hydrogen-bond donors (Lipinski definition) is 1. The van der Waals surface area contributed by atoms with Gasteiger partial charge < -0.3 is 10.1 Å². The molecule has 114 valence electrons. The summed E-state index contributed by atoms with van der Waals surface area (Å²) in [4.78, 5) is 2.67. The van der Waals surface area contributed by atoms with Crippen molar-refractivity contribution in [3.8, 4) is 0 Å². The highest BCUT2D eigenvalue weighted by Gasteiger charge is 2.07. The molecule has 2 rings (SSSR count). The van der Waals surface area contributed by atoms with Crippen LogP contribution in [0.4, 0.5) is 0 Å². The molecule has 0 saturated carbocycles. The Morgan fingerprint density at radius 2 is 1.71 bits per heavy atom. The molecule has 0 fully saturated rings. The van der Waals surface area contributed by atoms with Crippen LogP contribution in [0.1, 0.15) is 42.2 Å². The smallest absolute Gasteiger partial charge is 0.0817 e. The lowest BCUT2D eigenvalue weighted by atomic mass is 10.1. The van der Waals surface area contributed by atoms with E-state index in [1.165, 1.54) is 15.3 Å². The molecule has 1 unspecified atom stereocenters. The lowest BCUT2D eigenvalue weighted by Crippen LogP contribution is -2.18. The van der Waals surface area contributed by atoms with Crippen molar-refractivity contribution in [2.24, 2.45) is 5.92 Å². The Labute approximate surface area is 132 Å². The predicted octanol–water partition coefficient (Wildman–Crippen LogP) is 4.77. The second-order valence-corrected chi connectivity index (χ2v) is 7.01. The maximum atomic E-state index is 5.96. The quantitative estimate of drug-likeness (QED) is 0.758. The maximum Gasteiger partial charge on any atom is 0.0817 e. The molecule has 1 aromatic heterocycles. The van der Waals surface area contributed by atoms with Crippen LogP contribution in [0.2, 0.25) is 0 Å². The van der Waals surface area contributed by atoms with Crippen LogP contribution in [-0.4, -0.2) is 6.54 Å². The normalized spacial score (nSPS) is 12.8. The van der Waals surface area contributed by atoms with Gasteiger partial charge in [0, 0.05) is 16.3 Å². The van der Waals surface area contributed by atoms with Gasteiger partial charge >= 0.3 is 0 Å². The van der Waals surface area contributed by atoms with Crippen LogP contribution in [-0.2, 0) is 17.9 Å². The van der Waals surface area contributed by atoms with Gasteiger partial charge in [-0.2, -0.15) is 0 Å². The molecule has 1 atom stereocenters. The molecule has 0 aliphatic rings. The third-order valence-corrected chi connectivity index (χ3v) is 4.37. The Hall–Kier alpha value is -1.16. The van der Waals surface area contributed by atoms with Crippen LogP contribution in [0.15, 0.2) is 42.5 Å². The summed E-state index contributed by atoms with van der Waals surface area (Å²) in [6.45, 7) is 9.27. The fraction of sp³-hybridized carbons (Fsp3) is 0.444. The Kier molecular flexibility index (Phi) is 6.43. The summed E-state index contributed by atoms with van der Waals surface area (Å²) in [5, 5.41) is 3.47. The summed E-state index contributed by atoms with van der Waals surface area (Å²) >= 11 is 1.83. The molecule has 2 nitrogen and oxygen atoms in total. The molecule has 3 heteroatoms. The van der Waals surface area contributed by atoms with E-state index in [1.807, 2.05) is 17.4 Å². The number of nitrogens with one attached hydrogen (secondary N) is 1. The van der Waals surface area contributed by atoms with Crippen molar-refractivity contribution in [3.63, 3.8) is 0 Å². The molecule has 0 aliphatic heterocycles. The van der Waals surface area contributed by atoms with Crippen molar-refractivity contribution >= 4 is 11.3 Å². The second-order valence-electron chi connectivity index (χ2n) is 5.76. The molecule has 2 aromatic rings. The lowest BCUT2D eigenvalue weighted by molar-refractivity contribution is 0.0542. The monoisotopic (exact) mass is 303 g/mol. The van der Waals surface area contributed by atoms with Crippen molar-refractivity contribution in [3.05, 3.63) is 57.8 Å². The Bertz CT molecular complexity index is 521. The lowest BCUT2D eigenvalue weighted by Gasteiger charge is -2.12. The van der Waals surface area contributed by atoms with Gasteiger partial charge in [-0.3, -0.25) is 0 Å². The third kappa shape index (κ3) is 5.62. The SMILES string of the molecule is CC(C)CNCc1ccc(COC(C)c2ccccc2)s1. The van der Waals surface area contributed by atoms with E-state index in [1.54, 1.807) is 0 Å². The standard InChI is InChI=1S/C18H25NOS/c1-14(2)11-19-12-17-9-10-18(21-17)13-20-15(3)16-7-5-4-6-8-16/h4-10,14-15,19H,11-13H2,1-3H3. The number of thiophene rings is 1. The van der Waals surface area contributed by atoms with E-state index in [-0.39, 0.29) is 6.10 Å². The van der Waals surface area contributed by atoms with E-state index < -0.39 is 0 Å². The zero-order valence-corrected chi connectivity index (χ0v) is 14.0. The van der Waals surface area contributed by atoms with Gasteiger partial charge in [-0.1, -0.05) is 44.2 Å². The largest absolute Gasteiger partial charge is 0.368 e. The fourth-order valence-electron chi connectivity index (χ4n) is 2.11. The topological polar surface area (TPSA) is 21.3 Å². The molecule has 0 spiro atoms. The van der Waals surface area contributed by atoms with Gasteiger partial charge in [0.15, 0.2) is 0 Å². The van der Waals surface area contributed by atoms with Crippen molar-refractivity contribution in [1.82, 2.24) is 5.32 Å². The number of benzene rings is 1. The molecule has 0 amide bonds. The zero-order chi connectivity index (χ0) is 15.1. The van der Waals surface area contributed by atoms with Crippen LogP contribution in [0, 0.1) is 5.92 Å². The maximum absolute atomic E-state index is 5.96. The summed E-state index contributed by atoms with van der Waals surface area (Å²) in [6.07, 6.45) is 0.135. The molecule has 21 heavy (non-hydrogen) atoms. The minimum atomic E-state index is 0.135. The summed E-state index contributed by atoms with van der Waals surface area (Å²) in [7, 11) is 0. The van der Waals surface area contributed by atoms with Crippen LogP contribution in [0.25, 0.3) is 0 Å². The Morgan fingerprint density at radius 1 is 1.00 bits per heavy atom. The summed E-state index contributed by atoms with van der Waals surface area (Å²) in [5.41, 5.74) is 1.23. The minimum absolute atomic E-state index is 0.135. The summed E-state index contributed by atoms with van der Waals surface area (Å²) in [6, 6.07) is 14.7. The fourth-order valence-corrected chi connectivity index (χ4v) is 3.02. The van der Waals surface area contributed by atoms with Gasteiger partial charge in [-0.05, 0) is 37.1 Å². The van der Waals surface area contributed by atoms with Crippen molar-refractivity contribution in [1.29, 1.82) is 0 Å². The molecular weight excluding hydrogens is 278 g/mol. The Morgan fingerprint density at radius 3 is 2.43 bits per heavy atom. The van der Waals surface area contributed by atoms with Crippen LogP contribution >= 0.6 is 11.3 Å². The van der Waals surface area contributed by atoms with Gasteiger partial charge in [0.1, 0.15) is 0 Å². The van der Waals surface area contributed by atoms with E-state index in [4.69, 9.17) is 4.74 Å². The highest BCUT2D eigenvalue weighted by molar-refractivity contribution is 7.11. The number of hydrogen-bond acceptors (Lipinski definition) is 3. The molecule has 0 radical (unpaired) electrons. The summed E-state index contributed by atoms with van der Waals surface area (Å²) in [5.74, 6) is 0.694. The second kappa shape index (κ2) is 8.32. The van der Waals surface area contributed by atoms with Crippen molar-refractivity contribution in [2.45, 2.75) is 40.0 Å². The first-order valence-corrected chi connectivity index (χ1v) is 8.41. The first kappa shape index (κ1) is 16.2. The predicted molar refractivity (Wildman–Crippen MR) is 90.5 cm³/mol. The Balaban J connectivity index is 1.77. The van der Waals surface area contributed by atoms with Crippen LogP contribution < -0.4 is 5.32 Å². The number of ether oxygens (including phenoxy) is 1. The first-order chi connectivity index (χ1) is 10.1. The molecular formula is C18H25NOS. The number of rotatable bonds is 8. The van der Waals surface area contributed by atoms with Gasteiger partial charge in [0.25, 0.3) is 0 Å². The van der Waals surface area contributed by atoms with E-state index in [0.717, 1.165) is 13.1 Å². The van der Waals surface area contributed by atoms with Gasteiger partial charge in [-0.25, -0.2) is 0 Å². The average Bonchev–Trinajstić information content (AvgIpc) is 2.93. The van der Waals surface area contributed by atoms with Crippen molar-refractivity contribution in [2.75, 3.05) is 6.54 Å². The van der Waals surface area contributed by atoms with E-state index in [2.05, 4.69) is 62.5 Å².